The van der Waals surface area contributed by atoms with Crippen molar-refractivity contribution in [2.45, 2.75) is 50.4 Å². The van der Waals surface area contributed by atoms with Crippen molar-refractivity contribution in [1.29, 1.82) is 0 Å². The Kier molecular flexibility index (Phi) is 3.98. The van der Waals surface area contributed by atoms with Gasteiger partial charge in [-0.1, -0.05) is 18.7 Å². The third-order valence-corrected chi connectivity index (χ3v) is 3.64. The van der Waals surface area contributed by atoms with E-state index in [1.54, 1.807) is 0 Å². The largest absolute Gasteiger partial charge is 0.353 e. The average Bonchev–Trinajstić information content (AvgIpc) is 3.05. The van der Waals surface area contributed by atoms with Crippen molar-refractivity contribution in [2.24, 2.45) is 0 Å². The zero-order chi connectivity index (χ0) is 12.3. The molecular weight excluding hydrogens is 238 g/mol. The van der Waals surface area contributed by atoms with Crippen LogP contribution in [0.25, 0.3) is 0 Å². The molecule has 1 heterocycles. The van der Waals surface area contributed by atoms with E-state index in [1.807, 2.05) is 18.5 Å². The van der Waals surface area contributed by atoms with Crippen molar-refractivity contribution in [3.63, 3.8) is 0 Å². The van der Waals surface area contributed by atoms with Gasteiger partial charge in [0.2, 0.25) is 11.1 Å². The van der Waals surface area contributed by atoms with Crippen LogP contribution < -0.4 is 5.32 Å². The Morgan fingerprint density at radius 2 is 2.41 bits per heavy atom. The van der Waals surface area contributed by atoms with E-state index in [9.17, 15) is 4.79 Å². The molecule has 6 nitrogen and oxygen atoms in total. The number of amides is 1. The molecule has 1 atom stereocenters. The summed E-state index contributed by atoms with van der Waals surface area (Å²) < 4.78 is 1.82. The first kappa shape index (κ1) is 12.3. The minimum Gasteiger partial charge on any atom is -0.353 e. The smallest absolute Gasteiger partial charge is 0.230 e. The van der Waals surface area contributed by atoms with E-state index < -0.39 is 0 Å². The van der Waals surface area contributed by atoms with Crippen molar-refractivity contribution < 1.29 is 4.79 Å². The highest BCUT2D eigenvalue weighted by Gasteiger charge is 2.28. The first-order valence-electron chi connectivity index (χ1n) is 5.90. The standard InChI is InChI=1S/C10H17N5OS/c1-3-7(2)11-9(16)6-17-10-12-13-14-15(10)8-4-5-8/h7-8H,3-6H2,1-2H3,(H,11,16). The molecule has 1 aliphatic carbocycles. The molecule has 0 bridgehead atoms. The Morgan fingerprint density at radius 3 is 3.06 bits per heavy atom. The zero-order valence-corrected chi connectivity index (χ0v) is 10.9. The second kappa shape index (κ2) is 5.48. The highest BCUT2D eigenvalue weighted by molar-refractivity contribution is 7.99. The van der Waals surface area contributed by atoms with E-state index in [-0.39, 0.29) is 11.9 Å². The van der Waals surface area contributed by atoms with Gasteiger partial charge in [-0.25, -0.2) is 4.68 Å². The Morgan fingerprint density at radius 1 is 1.65 bits per heavy atom. The molecule has 1 unspecified atom stereocenters. The van der Waals surface area contributed by atoms with Gasteiger partial charge in [0, 0.05) is 6.04 Å². The number of carbonyl (C=O) groups is 1. The van der Waals surface area contributed by atoms with E-state index in [0.717, 1.165) is 24.4 Å². The number of hydrogen-bond acceptors (Lipinski definition) is 5. The number of carbonyl (C=O) groups excluding carboxylic acids is 1. The highest BCUT2D eigenvalue weighted by Crippen LogP contribution is 2.36. The minimum absolute atomic E-state index is 0.0368. The summed E-state index contributed by atoms with van der Waals surface area (Å²) in [5.74, 6) is 0.409. The summed E-state index contributed by atoms with van der Waals surface area (Å²) >= 11 is 1.40. The van der Waals surface area contributed by atoms with E-state index in [0.29, 0.717) is 11.8 Å². The zero-order valence-electron chi connectivity index (χ0n) is 10.1. The molecule has 0 radical (unpaired) electrons. The molecule has 0 saturated heterocycles. The lowest BCUT2D eigenvalue weighted by Crippen LogP contribution is -2.33. The van der Waals surface area contributed by atoms with Crippen molar-refractivity contribution in [2.75, 3.05) is 5.75 Å². The molecule has 94 valence electrons. The van der Waals surface area contributed by atoms with Crippen LogP contribution in [0.5, 0.6) is 0 Å². The van der Waals surface area contributed by atoms with Gasteiger partial charge in [-0.3, -0.25) is 4.79 Å². The van der Waals surface area contributed by atoms with Gasteiger partial charge in [0.05, 0.1) is 11.8 Å². The van der Waals surface area contributed by atoms with Crippen molar-refractivity contribution in [3.8, 4) is 0 Å². The lowest BCUT2D eigenvalue weighted by molar-refractivity contribution is -0.119. The summed E-state index contributed by atoms with van der Waals surface area (Å²) in [6, 6.07) is 0.674. The maximum atomic E-state index is 11.6. The Bertz CT molecular complexity index is 390. The number of nitrogens with one attached hydrogen (secondary N) is 1. The summed E-state index contributed by atoms with van der Waals surface area (Å²) in [6.07, 6.45) is 3.21. The predicted octanol–water partition coefficient (Wildman–Crippen LogP) is 1.01. The maximum Gasteiger partial charge on any atom is 0.230 e. The Hall–Kier alpha value is -1.11. The van der Waals surface area contributed by atoms with Crippen LogP contribution in [0.3, 0.4) is 0 Å². The molecular formula is C10H17N5OS. The van der Waals surface area contributed by atoms with Crippen LogP contribution in [0.1, 0.15) is 39.2 Å². The van der Waals surface area contributed by atoms with Crippen LogP contribution in [0.15, 0.2) is 5.16 Å². The molecule has 0 aromatic carbocycles. The summed E-state index contributed by atoms with van der Waals surface area (Å²) in [7, 11) is 0. The van der Waals surface area contributed by atoms with Crippen LogP contribution in [-0.2, 0) is 4.79 Å². The first-order valence-corrected chi connectivity index (χ1v) is 6.89. The quantitative estimate of drug-likeness (QED) is 0.768. The van der Waals surface area contributed by atoms with Crippen LogP contribution in [-0.4, -0.2) is 37.9 Å². The molecule has 1 aromatic rings. The second-order valence-electron chi connectivity index (χ2n) is 4.30. The van der Waals surface area contributed by atoms with Gasteiger partial charge in [-0.2, -0.15) is 0 Å². The Balaban J connectivity index is 1.80. The van der Waals surface area contributed by atoms with Crippen LogP contribution in [0, 0.1) is 0 Å². The van der Waals surface area contributed by atoms with Crippen LogP contribution in [0.2, 0.25) is 0 Å². The van der Waals surface area contributed by atoms with Gasteiger partial charge in [-0.05, 0) is 36.6 Å². The third kappa shape index (κ3) is 3.42. The van der Waals surface area contributed by atoms with E-state index in [4.69, 9.17) is 0 Å². The molecule has 7 heteroatoms. The van der Waals surface area contributed by atoms with Crippen molar-refractivity contribution in [3.05, 3.63) is 0 Å². The van der Waals surface area contributed by atoms with E-state index in [1.165, 1.54) is 11.8 Å². The number of aromatic nitrogens is 4. The molecule has 2 rings (SSSR count). The molecule has 1 amide bonds. The third-order valence-electron chi connectivity index (χ3n) is 2.71. The number of nitrogens with zero attached hydrogens (tertiary/aromatic N) is 4. The van der Waals surface area contributed by atoms with Gasteiger partial charge in [0.25, 0.3) is 0 Å². The lowest BCUT2D eigenvalue weighted by atomic mass is 10.3. The average molecular weight is 255 g/mol. The predicted molar refractivity (Wildman–Crippen MR) is 64.7 cm³/mol. The second-order valence-corrected chi connectivity index (χ2v) is 5.25. The molecule has 1 saturated carbocycles. The monoisotopic (exact) mass is 255 g/mol. The molecule has 1 N–H and O–H groups in total. The molecule has 1 aliphatic rings. The molecule has 1 fully saturated rings. The van der Waals surface area contributed by atoms with Gasteiger partial charge < -0.3 is 5.32 Å². The van der Waals surface area contributed by atoms with Gasteiger partial charge in [0.15, 0.2) is 0 Å². The summed E-state index contributed by atoms with van der Waals surface area (Å²) in [5.41, 5.74) is 0. The van der Waals surface area contributed by atoms with E-state index in [2.05, 4.69) is 20.8 Å². The van der Waals surface area contributed by atoms with E-state index >= 15 is 0 Å². The summed E-state index contributed by atoms with van der Waals surface area (Å²) in [6.45, 7) is 4.04. The van der Waals surface area contributed by atoms with Crippen LogP contribution in [0.4, 0.5) is 0 Å². The summed E-state index contributed by atoms with van der Waals surface area (Å²) in [5, 5.41) is 15.2. The van der Waals surface area contributed by atoms with Gasteiger partial charge in [0.1, 0.15) is 0 Å². The fourth-order valence-electron chi connectivity index (χ4n) is 1.38. The highest BCUT2D eigenvalue weighted by atomic mass is 32.2. The topological polar surface area (TPSA) is 72.7 Å². The fourth-order valence-corrected chi connectivity index (χ4v) is 2.13. The lowest BCUT2D eigenvalue weighted by Gasteiger charge is -2.10. The molecule has 0 aliphatic heterocycles. The van der Waals surface area contributed by atoms with Crippen molar-refractivity contribution in [1.82, 2.24) is 25.5 Å². The number of tetrazole rings is 1. The maximum absolute atomic E-state index is 11.6. The first-order chi connectivity index (χ1) is 8.20. The van der Waals surface area contributed by atoms with Gasteiger partial charge in [-0.15, -0.1) is 5.10 Å². The van der Waals surface area contributed by atoms with Crippen molar-refractivity contribution >= 4 is 17.7 Å². The Labute approximate surface area is 105 Å². The number of rotatable bonds is 6. The fraction of sp³-hybridized carbons (Fsp3) is 0.800. The molecule has 0 spiro atoms. The normalized spacial score (nSPS) is 16.8. The number of thioether (sulfide) groups is 1. The number of hydrogen-bond donors (Lipinski definition) is 1. The molecule has 1 aromatic heterocycles. The molecule has 17 heavy (non-hydrogen) atoms. The van der Waals surface area contributed by atoms with Crippen LogP contribution >= 0.6 is 11.8 Å². The van der Waals surface area contributed by atoms with Gasteiger partial charge >= 0.3 is 0 Å². The SMILES string of the molecule is CCC(C)NC(=O)CSc1nnnn1C1CC1. The summed E-state index contributed by atoms with van der Waals surface area (Å²) in [4.78, 5) is 11.6. The minimum atomic E-state index is 0.0368.